The minimum absolute atomic E-state index is 0.00271. The van der Waals surface area contributed by atoms with Gasteiger partial charge in [-0.15, -0.1) is 0 Å². The zero-order chi connectivity index (χ0) is 20.9. The predicted molar refractivity (Wildman–Crippen MR) is 107 cm³/mol. The zero-order valence-corrected chi connectivity index (χ0v) is 16.6. The molecule has 3 aromatic rings. The van der Waals surface area contributed by atoms with E-state index in [2.05, 4.69) is 0 Å². The Bertz CT molecular complexity index is 1230. The van der Waals surface area contributed by atoms with E-state index in [1.54, 1.807) is 23.6 Å². The average Bonchev–Trinajstić information content (AvgIpc) is 3.12. The summed E-state index contributed by atoms with van der Waals surface area (Å²) in [6, 6.07) is 10.6. The van der Waals surface area contributed by atoms with Crippen LogP contribution in [0.15, 0.2) is 53.4 Å². The Kier molecular flexibility index (Phi) is 4.46. The van der Waals surface area contributed by atoms with Crippen LogP contribution in [0.4, 0.5) is 10.1 Å². The maximum atomic E-state index is 14.2. The van der Waals surface area contributed by atoms with Crippen molar-refractivity contribution in [1.29, 1.82) is 0 Å². The molecule has 2 aromatic carbocycles. The van der Waals surface area contributed by atoms with Gasteiger partial charge in [0.2, 0.25) is 0 Å². The minimum Gasteiger partial charge on any atom is -0.508 e. The van der Waals surface area contributed by atoms with E-state index < -0.39 is 21.9 Å². The Morgan fingerprint density at radius 2 is 1.86 bits per heavy atom. The number of aryl methyl sites for hydroxylation is 1. The van der Waals surface area contributed by atoms with Crippen molar-refractivity contribution >= 4 is 22.0 Å². The smallest absolute Gasteiger partial charge is 0.265 e. The Balaban J connectivity index is 2.01. The number of halogens is 1. The number of carbonyl (C=O) groups excluding carboxylic acids is 1. The van der Waals surface area contributed by atoms with Crippen molar-refractivity contribution in [1.82, 2.24) is 4.57 Å². The largest absolute Gasteiger partial charge is 0.508 e. The van der Waals surface area contributed by atoms with Gasteiger partial charge in [-0.1, -0.05) is 6.92 Å². The summed E-state index contributed by atoms with van der Waals surface area (Å²) in [6.45, 7) is 3.44. The number of rotatable bonds is 4. The number of hydrogen-bond acceptors (Lipinski definition) is 4. The van der Waals surface area contributed by atoms with Gasteiger partial charge in [0.05, 0.1) is 28.0 Å². The number of carbonyl (C=O) groups is 1. The van der Waals surface area contributed by atoms with E-state index in [1.807, 2.05) is 6.92 Å². The number of fused-ring (bicyclic) bond motifs is 3. The summed E-state index contributed by atoms with van der Waals surface area (Å²) in [7, 11) is -4.08. The predicted octanol–water partition coefficient (Wildman–Crippen LogP) is 4.10. The van der Waals surface area contributed by atoms with Gasteiger partial charge in [-0.25, -0.2) is 12.8 Å². The Morgan fingerprint density at radius 3 is 2.52 bits per heavy atom. The Hall–Kier alpha value is -3.13. The maximum absolute atomic E-state index is 14.2. The molecule has 0 amide bonds. The standard InChI is InChI=1S/C21H19FN2O4S/c1-3-17-18-8-5-15(12-25)23(18)19-7-4-14(22)11-20(19)24(17)29(27,28)16-6-9-21(26)13(2)10-16/h4-12,17,26H,3H2,1-2H3. The van der Waals surface area contributed by atoms with Gasteiger partial charge in [-0.3, -0.25) is 9.10 Å². The molecule has 0 spiro atoms. The topological polar surface area (TPSA) is 79.6 Å². The van der Waals surface area contributed by atoms with Crippen LogP contribution in [0.3, 0.4) is 0 Å². The van der Waals surface area contributed by atoms with E-state index in [9.17, 15) is 22.7 Å². The van der Waals surface area contributed by atoms with E-state index in [0.29, 0.717) is 35.3 Å². The molecule has 8 heteroatoms. The zero-order valence-electron chi connectivity index (χ0n) is 15.8. The van der Waals surface area contributed by atoms with Gasteiger partial charge >= 0.3 is 0 Å². The monoisotopic (exact) mass is 414 g/mol. The molecule has 4 rings (SSSR count). The fourth-order valence-electron chi connectivity index (χ4n) is 3.82. The third-order valence-electron chi connectivity index (χ3n) is 5.21. The second-order valence-electron chi connectivity index (χ2n) is 6.94. The summed E-state index contributed by atoms with van der Waals surface area (Å²) in [5.74, 6) is -0.588. The molecule has 0 saturated heterocycles. The molecule has 150 valence electrons. The average molecular weight is 414 g/mol. The van der Waals surface area contributed by atoms with Crippen molar-refractivity contribution in [3.63, 3.8) is 0 Å². The van der Waals surface area contributed by atoms with E-state index in [1.165, 1.54) is 40.7 Å². The van der Waals surface area contributed by atoms with Crippen molar-refractivity contribution in [2.75, 3.05) is 4.31 Å². The third kappa shape index (κ3) is 2.82. The Labute approximate surface area is 167 Å². The summed E-state index contributed by atoms with van der Waals surface area (Å²) < 4.78 is 44.3. The van der Waals surface area contributed by atoms with Gasteiger partial charge in [0.1, 0.15) is 11.6 Å². The highest BCUT2D eigenvalue weighted by Gasteiger charge is 2.39. The molecule has 0 fully saturated rings. The first-order chi connectivity index (χ1) is 13.8. The molecule has 1 aliphatic rings. The molecule has 29 heavy (non-hydrogen) atoms. The lowest BCUT2D eigenvalue weighted by molar-refractivity contribution is 0.111. The van der Waals surface area contributed by atoms with Gasteiger partial charge in [0.15, 0.2) is 6.29 Å². The third-order valence-corrected chi connectivity index (χ3v) is 7.03. The quantitative estimate of drug-likeness (QED) is 0.652. The van der Waals surface area contributed by atoms with E-state index in [-0.39, 0.29) is 16.3 Å². The number of phenols is 1. The van der Waals surface area contributed by atoms with Crippen molar-refractivity contribution in [3.8, 4) is 11.4 Å². The minimum atomic E-state index is -4.08. The first-order valence-electron chi connectivity index (χ1n) is 9.10. The van der Waals surface area contributed by atoms with Gasteiger partial charge in [0, 0.05) is 11.8 Å². The number of anilines is 1. The highest BCUT2D eigenvalue weighted by atomic mass is 32.2. The normalized spacial score (nSPS) is 15.7. The lowest BCUT2D eigenvalue weighted by atomic mass is 10.1. The summed E-state index contributed by atoms with van der Waals surface area (Å²) >= 11 is 0. The van der Waals surface area contributed by atoms with Crippen LogP contribution in [0.1, 0.15) is 41.1 Å². The molecule has 0 aliphatic carbocycles. The highest BCUT2D eigenvalue weighted by molar-refractivity contribution is 7.92. The Morgan fingerprint density at radius 1 is 1.10 bits per heavy atom. The van der Waals surface area contributed by atoms with Crippen LogP contribution >= 0.6 is 0 Å². The van der Waals surface area contributed by atoms with Crippen molar-refractivity contribution in [2.45, 2.75) is 31.2 Å². The van der Waals surface area contributed by atoms with Crippen LogP contribution in [0.2, 0.25) is 0 Å². The lowest BCUT2D eigenvalue weighted by Crippen LogP contribution is -2.39. The van der Waals surface area contributed by atoms with Crippen molar-refractivity contribution in [2.24, 2.45) is 0 Å². The number of phenolic OH excluding ortho intramolecular Hbond substituents is 1. The molecule has 6 nitrogen and oxygen atoms in total. The fraction of sp³-hybridized carbons (Fsp3) is 0.190. The van der Waals surface area contributed by atoms with Gasteiger partial charge in [-0.05, 0) is 61.4 Å². The highest BCUT2D eigenvalue weighted by Crippen LogP contribution is 2.45. The molecule has 1 aliphatic heterocycles. The van der Waals surface area contributed by atoms with Gasteiger partial charge in [-0.2, -0.15) is 0 Å². The second kappa shape index (κ2) is 6.73. The second-order valence-corrected chi connectivity index (χ2v) is 8.76. The van der Waals surface area contributed by atoms with Crippen molar-refractivity contribution < 1.29 is 22.7 Å². The number of sulfonamides is 1. The van der Waals surface area contributed by atoms with Crippen LogP contribution < -0.4 is 4.31 Å². The molecule has 0 bridgehead atoms. The molecule has 1 unspecified atom stereocenters. The number of hydrogen-bond donors (Lipinski definition) is 1. The SMILES string of the molecule is CCC1c2ccc(C=O)n2-c2ccc(F)cc2N1S(=O)(=O)c1ccc(O)c(C)c1. The summed E-state index contributed by atoms with van der Waals surface area (Å²) in [5.41, 5.74) is 1.99. The first kappa shape index (κ1) is 19.2. The molecule has 1 N–H and O–H groups in total. The van der Waals surface area contributed by atoms with Crippen LogP contribution in [0, 0.1) is 12.7 Å². The first-order valence-corrected chi connectivity index (χ1v) is 10.5. The molecule has 0 saturated carbocycles. The van der Waals surface area contributed by atoms with Crippen LogP contribution in [0.25, 0.3) is 5.69 Å². The van der Waals surface area contributed by atoms with E-state index in [4.69, 9.17) is 0 Å². The van der Waals surface area contributed by atoms with Crippen LogP contribution in [-0.2, 0) is 10.0 Å². The van der Waals surface area contributed by atoms with Crippen molar-refractivity contribution in [3.05, 3.63) is 71.3 Å². The fourth-order valence-corrected chi connectivity index (χ4v) is 5.61. The maximum Gasteiger partial charge on any atom is 0.265 e. The summed E-state index contributed by atoms with van der Waals surface area (Å²) in [5, 5.41) is 9.78. The van der Waals surface area contributed by atoms with Gasteiger partial charge in [0.25, 0.3) is 10.0 Å². The summed E-state index contributed by atoms with van der Waals surface area (Å²) in [6.07, 6.45) is 1.10. The molecule has 1 atom stereocenters. The lowest BCUT2D eigenvalue weighted by Gasteiger charge is -2.38. The summed E-state index contributed by atoms with van der Waals surface area (Å²) in [4.78, 5) is 11.5. The number of aromatic hydroxyl groups is 1. The van der Waals surface area contributed by atoms with Crippen LogP contribution in [-0.4, -0.2) is 24.4 Å². The van der Waals surface area contributed by atoms with Gasteiger partial charge < -0.3 is 9.67 Å². The van der Waals surface area contributed by atoms with E-state index in [0.717, 1.165) is 0 Å². The molecular weight excluding hydrogens is 395 g/mol. The number of aromatic nitrogens is 1. The number of aldehydes is 1. The molecule has 1 aromatic heterocycles. The van der Waals surface area contributed by atoms with E-state index >= 15 is 0 Å². The molecule has 2 heterocycles. The number of benzene rings is 2. The number of nitrogens with zero attached hydrogens (tertiary/aromatic N) is 2. The molecule has 0 radical (unpaired) electrons. The van der Waals surface area contributed by atoms with Crippen LogP contribution in [0.5, 0.6) is 5.75 Å². The molecular formula is C21H19FN2O4S.